The van der Waals surface area contributed by atoms with Gasteiger partial charge in [-0.3, -0.25) is 4.55 Å². The van der Waals surface area contributed by atoms with Gasteiger partial charge >= 0.3 is 6.03 Å². The molecule has 2 amide bonds. The Hall–Kier alpha value is -0.820. The first-order valence-corrected chi connectivity index (χ1v) is 7.52. The highest BCUT2D eigenvalue weighted by molar-refractivity contribution is 7.85. The molecule has 0 rings (SSSR count). The van der Waals surface area contributed by atoms with Crippen LogP contribution in [0.25, 0.3) is 0 Å². The minimum Gasteiger partial charge on any atom is -0.325 e. The molecule has 104 valence electrons. The van der Waals surface area contributed by atoms with Crippen molar-refractivity contribution in [1.29, 1.82) is 0 Å². The fourth-order valence-electron chi connectivity index (χ4n) is 1.19. The minimum atomic E-state index is -3.67. The van der Waals surface area contributed by atoms with E-state index in [0.717, 1.165) is 26.2 Å². The van der Waals surface area contributed by atoms with Crippen LogP contribution in [0, 0.1) is 0 Å². The van der Waals surface area contributed by atoms with Crippen LogP contribution in [0.4, 0.5) is 4.79 Å². The molecule has 1 N–H and O–H groups in total. The zero-order chi connectivity index (χ0) is 14.1. The van der Waals surface area contributed by atoms with Gasteiger partial charge in [0.2, 0.25) is 0 Å². The van der Waals surface area contributed by atoms with Gasteiger partial charge < -0.3 is 9.80 Å². The molecule has 0 saturated heterocycles. The van der Waals surface area contributed by atoms with Crippen LogP contribution in [0.5, 0.6) is 0 Å². The Labute approximate surface area is 104 Å². The molecule has 0 aliphatic carbocycles. The van der Waals surface area contributed by atoms with E-state index in [2.05, 4.69) is 0 Å². The zero-order valence-corrected chi connectivity index (χ0v) is 12.1. The third-order valence-electron chi connectivity index (χ3n) is 2.07. The number of nitrogens with zero attached hydrogens (tertiary/aromatic N) is 2. The number of carbonyl (C=O) groups excluding carboxylic acids is 1. The highest BCUT2D eigenvalue weighted by Crippen LogP contribution is 1.97. The van der Waals surface area contributed by atoms with Crippen molar-refractivity contribution >= 4 is 16.1 Å². The topological polar surface area (TPSA) is 77.9 Å². The van der Waals surface area contributed by atoms with Gasteiger partial charge in [-0.1, -0.05) is 0 Å². The lowest BCUT2D eigenvalue weighted by Crippen LogP contribution is -2.42. The summed E-state index contributed by atoms with van der Waals surface area (Å²) in [5.74, 6) is 0. The monoisotopic (exact) mass is 268 g/mol. The molecule has 7 heteroatoms. The molecule has 0 spiro atoms. The van der Waals surface area contributed by atoms with Crippen molar-refractivity contribution in [3.8, 4) is 0 Å². The van der Waals surface area contributed by atoms with Crippen molar-refractivity contribution in [2.24, 2.45) is 0 Å². The van der Waals surface area contributed by atoms with Gasteiger partial charge in [0.25, 0.3) is 10.1 Å². The summed E-state index contributed by atoms with van der Waals surface area (Å²) in [5.41, 5.74) is 0. The molecule has 17 heavy (non-hydrogen) atoms. The summed E-state index contributed by atoms with van der Waals surface area (Å²) in [7, 11) is -3.67. The Morgan fingerprint density at radius 1 is 0.941 bits per heavy atom. The van der Waals surface area contributed by atoms with Crippen molar-refractivity contribution in [3.05, 3.63) is 0 Å². The molecule has 0 radical (unpaired) electrons. The van der Waals surface area contributed by atoms with Crippen LogP contribution < -0.4 is 0 Å². The maximum Gasteiger partial charge on any atom is 0.319 e. The van der Waals surface area contributed by atoms with Gasteiger partial charge in [-0.2, -0.15) is 8.42 Å². The van der Waals surface area contributed by atoms with Crippen molar-refractivity contribution in [2.45, 2.75) is 27.7 Å². The smallest absolute Gasteiger partial charge is 0.319 e. The van der Waals surface area contributed by atoms with E-state index in [0.29, 0.717) is 6.26 Å². The molecule has 0 aromatic carbocycles. The first-order valence-electron chi connectivity index (χ1n) is 5.67. The molecule has 0 saturated carbocycles. The molecule has 0 aromatic rings. The number of hydrogen-bond donors (Lipinski definition) is 1. The molecular weight excluding hydrogens is 244 g/mol. The molecule has 0 aliphatic heterocycles. The van der Waals surface area contributed by atoms with E-state index in [1.54, 1.807) is 0 Å². The quantitative estimate of drug-likeness (QED) is 0.779. The molecule has 0 aliphatic rings. The number of carbonyl (C=O) groups is 1. The maximum atomic E-state index is 11.6. The third kappa shape index (κ3) is 11.4. The molecule has 0 unspecified atom stereocenters. The zero-order valence-electron chi connectivity index (χ0n) is 11.3. The summed E-state index contributed by atoms with van der Waals surface area (Å²) in [6, 6.07) is 0.157. The maximum absolute atomic E-state index is 11.6. The highest BCUT2D eigenvalue weighted by Gasteiger charge is 2.14. The lowest BCUT2D eigenvalue weighted by atomic mass is 10.5. The van der Waals surface area contributed by atoms with E-state index < -0.39 is 10.1 Å². The van der Waals surface area contributed by atoms with Crippen molar-refractivity contribution in [3.63, 3.8) is 0 Å². The second kappa shape index (κ2) is 9.23. The third-order valence-corrected chi connectivity index (χ3v) is 2.07. The largest absolute Gasteiger partial charge is 0.325 e. The molecule has 0 heterocycles. The number of hydrogen-bond acceptors (Lipinski definition) is 3. The Morgan fingerprint density at radius 3 is 1.24 bits per heavy atom. The van der Waals surface area contributed by atoms with Crippen LogP contribution in [-0.2, 0) is 10.1 Å². The van der Waals surface area contributed by atoms with E-state index in [1.165, 1.54) is 0 Å². The number of amides is 2. The normalized spacial score (nSPS) is 10.2. The molecule has 0 fully saturated rings. The van der Waals surface area contributed by atoms with Crippen LogP contribution in [0.2, 0.25) is 0 Å². The first-order chi connectivity index (χ1) is 7.71. The van der Waals surface area contributed by atoms with Crippen molar-refractivity contribution in [2.75, 3.05) is 32.4 Å². The Kier molecular flexibility index (Phi) is 10.1. The molecule has 6 nitrogen and oxygen atoms in total. The van der Waals surface area contributed by atoms with Gasteiger partial charge in [0.15, 0.2) is 0 Å². The summed E-state index contributed by atoms with van der Waals surface area (Å²) in [6.45, 7) is 11.2. The molecule has 0 bridgehead atoms. The SMILES string of the molecule is CCN(CC)C(=O)N(CC)CC.CS(=O)(=O)O. The standard InChI is InChI=1S/C9H20N2O.CH4O3S/c1-5-10(6-2)9(12)11(7-3)8-4;1-5(2,3)4/h5-8H2,1-4H3;1H3,(H,2,3,4). The fourth-order valence-corrected chi connectivity index (χ4v) is 1.19. The van der Waals surface area contributed by atoms with Gasteiger partial charge in [0, 0.05) is 26.2 Å². The van der Waals surface area contributed by atoms with Crippen molar-refractivity contribution in [1.82, 2.24) is 9.80 Å². The minimum absolute atomic E-state index is 0.157. The predicted octanol–water partition coefficient (Wildman–Crippen LogP) is 1.29. The summed E-state index contributed by atoms with van der Waals surface area (Å²) in [6.07, 6.45) is 0.715. The van der Waals surface area contributed by atoms with E-state index in [-0.39, 0.29) is 6.03 Å². The second-order valence-electron chi connectivity index (χ2n) is 3.36. The van der Waals surface area contributed by atoms with Gasteiger partial charge in [-0.25, -0.2) is 4.79 Å². The lowest BCUT2D eigenvalue weighted by molar-refractivity contribution is 0.162. The summed E-state index contributed by atoms with van der Waals surface area (Å²) in [5, 5.41) is 0. The Balaban J connectivity index is 0. The van der Waals surface area contributed by atoms with Crippen molar-refractivity contribution < 1.29 is 17.8 Å². The highest BCUT2D eigenvalue weighted by atomic mass is 32.2. The van der Waals surface area contributed by atoms with Gasteiger partial charge in [-0.05, 0) is 27.7 Å². The van der Waals surface area contributed by atoms with Gasteiger partial charge in [-0.15, -0.1) is 0 Å². The average molecular weight is 268 g/mol. The second-order valence-corrected chi connectivity index (χ2v) is 4.83. The summed E-state index contributed by atoms with van der Waals surface area (Å²) in [4.78, 5) is 15.3. The van der Waals surface area contributed by atoms with Crippen LogP contribution >= 0.6 is 0 Å². The van der Waals surface area contributed by atoms with E-state index >= 15 is 0 Å². The van der Waals surface area contributed by atoms with Gasteiger partial charge in [0.1, 0.15) is 0 Å². The average Bonchev–Trinajstić information content (AvgIpc) is 2.19. The Morgan fingerprint density at radius 2 is 1.12 bits per heavy atom. The fraction of sp³-hybridized carbons (Fsp3) is 0.900. The van der Waals surface area contributed by atoms with Crippen LogP contribution in [0.3, 0.4) is 0 Å². The number of urea groups is 1. The van der Waals surface area contributed by atoms with E-state index in [1.807, 2.05) is 37.5 Å². The summed E-state index contributed by atoms with van der Waals surface area (Å²) >= 11 is 0. The van der Waals surface area contributed by atoms with E-state index in [9.17, 15) is 13.2 Å². The Bertz CT molecular complexity index is 273. The van der Waals surface area contributed by atoms with Crippen LogP contribution in [0.1, 0.15) is 27.7 Å². The first kappa shape index (κ1) is 18.5. The van der Waals surface area contributed by atoms with E-state index in [4.69, 9.17) is 4.55 Å². The molecule has 0 aromatic heterocycles. The summed E-state index contributed by atoms with van der Waals surface area (Å²) < 4.78 is 25.9. The molecule has 0 atom stereocenters. The molecular formula is C10H24N2O4S. The van der Waals surface area contributed by atoms with Crippen LogP contribution in [-0.4, -0.2) is 61.2 Å². The number of rotatable bonds is 4. The van der Waals surface area contributed by atoms with Crippen LogP contribution in [0.15, 0.2) is 0 Å². The van der Waals surface area contributed by atoms with Gasteiger partial charge in [0.05, 0.1) is 6.26 Å². The predicted molar refractivity (Wildman–Crippen MR) is 68.7 cm³/mol. The lowest BCUT2D eigenvalue weighted by Gasteiger charge is -2.27.